The summed E-state index contributed by atoms with van der Waals surface area (Å²) in [6, 6.07) is 11.3. The molecule has 0 aliphatic heterocycles. The Bertz CT molecular complexity index is 1300. The third kappa shape index (κ3) is 5.99. The molecule has 1 heterocycles. The molecule has 0 saturated heterocycles. The zero-order chi connectivity index (χ0) is 24.2. The minimum Gasteiger partial charge on any atom is -0.280 e. The molecule has 13 heteroatoms. The van der Waals surface area contributed by atoms with Crippen molar-refractivity contribution in [1.29, 1.82) is 0 Å². The Morgan fingerprint density at radius 2 is 1.64 bits per heavy atom. The number of nitrogens with one attached hydrogen (secondary N) is 3. The van der Waals surface area contributed by atoms with Crippen LogP contribution in [0.5, 0.6) is 0 Å². The van der Waals surface area contributed by atoms with Crippen LogP contribution in [-0.2, 0) is 16.2 Å². The van der Waals surface area contributed by atoms with E-state index in [0.717, 1.165) is 36.4 Å². The molecule has 172 valence electrons. The van der Waals surface area contributed by atoms with Gasteiger partial charge in [-0.2, -0.15) is 13.2 Å². The van der Waals surface area contributed by atoms with Gasteiger partial charge in [-0.1, -0.05) is 23.7 Å². The number of hydrogen-bond donors (Lipinski definition) is 3. The second kappa shape index (κ2) is 9.46. The second-order valence-corrected chi connectivity index (χ2v) is 8.54. The van der Waals surface area contributed by atoms with Crippen molar-refractivity contribution in [3.8, 4) is 0 Å². The molecule has 1 aromatic heterocycles. The van der Waals surface area contributed by atoms with Gasteiger partial charge in [-0.25, -0.2) is 8.42 Å². The maximum atomic E-state index is 12.9. The maximum absolute atomic E-state index is 12.9. The Labute approximate surface area is 190 Å². The lowest BCUT2D eigenvalue weighted by Gasteiger charge is -2.13. The molecule has 0 fully saturated rings. The van der Waals surface area contributed by atoms with Gasteiger partial charge in [-0.3, -0.25) is 30.1 Å². The van der Waals surface area contributed by atoms with E-state index in [1.807, 2.05) is 4.72 Å². The van der Waals surface area contributed by atoms with Crippen LogP contribution in [0.1, 0.15) is 26.4 Å². The summed E-state index contributed by atoms with van der Waals surface area (Å²) in [5.41, 5.74) is 2.55. The third-order valence-corrected chi connectivity index (χ3v) is 5.83. The number of carbonyl (C=O) groups excluding carboxylic acids is 2. The molecule has 0 atom stereocenters. The lowest BCUT2D eigenvalue weighted by molar-refractivity contribution is -0.137. The van der Waals surface area contributed by atoms with Crippen LogP contribution in [0.4, 0.5) is 18.9 Å². The highest BCUT2D eigenvalue weighted by Crippen LogP contribution is 2.31. The normalized spacial score (nSPS) is 11.5. The van der Waals surface area contributed by atoms with Crippen LogP contribution in [-0.4, -0.2) is 25.2 Å². The lowest BCUT2D eigenvalue weighted by atomic mass is 10.2. The van der Waals surface area contributed by atoms with Crippen molar-refractivity contribution < 1.29 is 31.2 Å². The van der Waals surface area contributed by atoms with Crippen LogP contribution in [0.15, 0.2) is 71.8 Å². The van der Waals surface area contributed by atoms with E-state index in [1.54, 1.807) is 12.1 Å². The van der Waals surface area contributed by atoms with Crippen molar-refractivity contribution in [2.75, 3.05) is 4.72 Å². The van der Waals surface area contributed by atoms with Crippen molar-refractivity contribution in [3.63, 3.8) is 0 Å². The zero-order valence-electron chi connectivity index (χ0n) is 16.4. The summed E-state index contributed by atoms with van der Waals surface area (Å²) < 4.78 is 66.0. The predicted molar refractivity (Wildman–Crippen MR) is 113 cm³/mol. The molecular formula is C20H14ClF3N4O4S. The number of amides is 2. The molecule has 0 aliphatic rings. The Kier molecular flexibility index (Phi) is 6.89. The van der Waals surface area contributed by atoms with Crippen molar-refractivity contribution in [2.24, 2.45) is 0 Å². The van der Waals surface area contributed by atoms with E-state index >= 15 is 0 Å². The van der Waals surface area contributed by atoms with Crippen LogP contribution < -0.4 is 15.6 Å². The molecule has 0 saturated carbocycles. The number of carbonyl (C=O) groups is 2. The monoisotopic (exact) mass is 498 g/mol. The summed E-state index contributed by atoms with van der Waals surface area (Å²) in [7, 11) is -4.38. The Hall–Kier alpha value is -3.64. The fourth-order valence-corrected chi connectivity index (χ4v) is 3.84. The van der Waals surface area contributed by atoms with Gasteiger partial charge in [0.15, 0.2) is 0 Å². The number of pyridine rings is 1. The first-order valence-corrected chi connectivity index (χ1v) is 10.8. The highest BCUT2D eigenvalue weighted by molar-refractivity contribution is 7.92. The number of aromatic nitrogens is 1. The van der Waals surface area contributed by atoms with E-state index in [1.165, 1.54) is 12.3 Å². The molecule has 33 heavy (non-hydrogen) atoms. The number of nitrogens with zero attached hydrogens (tertiary/aromatic N) is 1. The van der Waals surface area contributed by atoms with Gasteiger partial charge in [0, 0.05) is 11.9 Å². The standard InChI is InChI=1S/C20H14ClF3N4O4S/c21-16-8-7-14(33(31,32)28-13-5-3-4-12(10-13)20(22,23)24)11-15(16)18(29)26-27-19(30)17-6-1-2-9-25-17/h1-11,28H,(H,26,29)(H,27,30). The first-order chi connectivity index (χ1) is 15.5. The lowest BCUT2D eigenvalue weighted by Crippen LogP contribution is -2.42. The Morgan fingerprint density at radius 3 is 2.30 bits per heavy atom. The summed E-state index contributed by atoms with van der Waals surface area (Å²) in [4.78, 5) is 27.8. The minimum atomic E-state index is -4.66. The van der Waals surface area contributed by atoms with Gasteiger partial charge >= 0.3 is 6.18 Å². The van der Waals surface area contributed by atoms with E-state index in [2.05, 4.69) is 15.8 Å². The van der Waals surface area contributed by atoms with E-state index in [4.69, 9.17) is 11.6 Å². The van der Waals surface area contributed by atoms with E-state index in [9.17, 15) is 31.2 Å². The number of hydrazine groups is 1. The maximum Gasteiger partial charge on any atom is 0.416 e. The molecule has 3 rings (SSSR count). The molecule has 2 aromatic carbocycles. The summed E-state index contributed by atoms with van der Waals surface area (Å²) in [5, 5.41) is -0.127. The number of rotatable bonds is 5. The SMILES string of the molecule is O=C(NNC(=O)c1cc(S(=O)(=O)Nc2cccc(C(F)(F)F)c2)ccc1Cl)c1ccccn1. The van der Waals surface area contributed by atoms with Crippen molar-refractivity contribution in [3.05, 3.63) is 88.7 Å². The molecular weight excluding hydrogens is 485 g/mol. The average Bonchev–Trinajstić information content (AvgIpc) is 2.77. The third-order valence-electron chi connectivity index (χ3n) is 4.12. The second-order valence-electron chi connectivity index (χ2n) is 6.45. The topological polar surface area (TPSA) is 117 Å². The summed E-state index contributed by atoms with van der Waals surface area (Å²) in [5.74, 6) is -1.66. The van der Waals surface area contributed by atoms with Crippen LogP contribution >= 0.6 is 11.6 Å². The van der Waals surface area contributed by atoms with Gasteiger partial charge in [-0.15, -0.1) is 0 Å². The number of hydrogen-bond acceptors (Lipinski definition) is 5. The van der Waals surface area contributed by atoms with E-state index < -0.39 is 38.5 Å². The van der Waals surface area contributed by atoms with Crippen molar-refractivity contribution in [2.45, 2.75) is 11.1 Å². The van der Waals surface area contributed by atoms with Gasteiger partial charge in [0.05, 0.1) is 21.0 Å². The highest BCUT2D eigenvalue weighted by atomic mass is 35.5. The number of anilines is 1. The largest absolute Gasteiger partial charge is 0.416 e. The molecule has 2 amide bonds. The van der Waals surface area contributed by atoms with E-state index in [-0.39, 0.29) is 22.0 Å². The fourth-order valence-electron chi connectivity index (χ4n) is 2.56. The summed E-state index contributed by atoms with van der Waals surface area (Å²) in [6.45, 7) is 0. The zero-order valence-corrected chi connectivity index (χ0v) is 17.9. The van der Waals surface area contributed by atoms with E-state index in [0.29, 0.717) is 6.07 Å². The number of benzene rings is 2. The first-order valence-electron chi connectivity index (χ1n) is 8.99. The Morgan fingerprint density at radius 1 is 0.909 bits per heavy atom. The quantitative estimate of drug-likeness (QED) is 0.464. The van der Waals surface area contributed by atoms with Crippen LogP contribution in [0.3, 0.4) is 0 Å². The number of alkyl halides is 3. The molecule has 0 aliphatic carbocycles. The minimum absolute atomic E-state index is 0.0190. The smallest absolute Gasteiger partial charge is 0.280 e. The fraction of sp³-hybridized carbons (Fsp3) is 0.0500. The van der Waals surface area contributed by atoms with Gasteiger partial charge in [0.1, 0.15) is 5.69 Å². The van der Waals surface area contributed by atoms with Gasteiger partial charge in [-0.05, 0) is 48.5 Å². The van der Waals surface area contributed by atoms with Gasteiger partial charge in [0.2, 0.25) is 0 Å². The number of sulfonamides is 1. The molecule has 8 nitrogen and oxygen atoms in total. The molecule has 0 radical (unpaired) electrons. The van der Waals surface area contributed by atoms with Crippen LogP contribution in [0.25, 0.3) is 0 Å². The Balaban J connectivity index is 1.78. The van der Waals surface area contributed by atoms with Crippen LogP contribution in [0, 0.1) is 0 Å². The molecule has 0 spiro atoms. The molecule has 3 aromatic rings. The van der Waals surface area contributed by atoms with Gasteiger partial charge in [0.25, 0.3) is 21.8 Å². The molecule has 0 bridgehead atoms. The molecule has 3 N–H and O–H groups in total. The van der Waals surface area contributed by atoms with Crippen molar-refractivity contribution >= 4 is 39.1 Å². The molecule has 0 unspecified atom stereocenters. The van der Waals surface area contributed by atoms with Crippen LogP contribution in [0.2, 0.25) is 5.02 Å². The highest BCUT2D eigenvalue weighted by Gasteiger charge is 2.31. The predicted octanol–water partition coefficient (Wildman–Crippen LogP) is 3.63. The summed E-state index contributed by atoms with van der Waals surface area (Å²) >= 11 is 5.98. The average molecular weight is 499 g/mol. The number of halogens is 4. The first kappa shape index (κ1) is 24.0. The van der Waals surface area contributed by atoms with Crippen molar-refractivity contribution in [1.82, 2.24) is 15.8 Å². The summed E-state index contributed by atoms with van der Waals surface area (Å²) in [6.07, 6.45) is -3.29. The van der Waals surface area contributed by atoms with Gasteiger partial charge < -0.3 is 0 Å².